The van der Waals surface area contributed by atoms with Crippen molar-refractivity contribution in [2.24, 2.45) is 17.8 Å². The molecule has 0 radical (unpaired) electrons. The minimum atomic E-state index is 0.197. The molecule has 9 heteroatoms. The van der Waals surface area contributed by atoms with Crippen LogP contribution in [-0.2, 0) is 22.6 Å². The topological polar surface area (TPSA) is 87.4 Å². The maximum absolute atomic E-state index is 6.46. The molecule has 0 amide bonds. The van der Waals surface area contributed by atoms with Gasteiger partial charge in [-0.05, 0) is 43.4 Å². The van der Waals surface area contributed by atoms with E-state index in [-0.39, 0.29) is 12.1 Å². The zero-order chi connectivity index (χ0) is 21.2. The van der Waals surface area contributed by atoms with Crippen molar-refractivity contribution in [1.82, 2.24) is 29.9 Å². The van der Waals surface area contributed by atoms with Gasteiger partial charge < -0.3 is 14.2 Å². The summed E-state index contributed by atoms with van der Waals surface area (Å²) >= 11 is 0. The first-order valence-electron chi connectivity index (χ1n) is 11.3. The van der Waals surface area contributed by atoms with Crippen molar-refractivity contribution < 1.29 is 14.2 Å². The SMILES string of the molecule is COCc1cn([C@@H]2C[C@@H]3CN(Cc4cnc(OC)nc4)C[C@@H]3C[C@H]2OCC2CC2)nn1. The van der Waals surface area contributed by atoms with E-state index in [1.807, 2.05) is 23.3 Å². The number of methoxy groups -OCH3 is 2. The average molecular weight is 429 g/mol. The smallest absolute Gasteiger partial charge is 0.316 e. The lowest BCUT2D eigenvalue weighted by Crippen LogP contribution is -2.38. The Bertz CT molecular complexity index is 855. The minimum Gasteiger partial charge on any atom is -0.467 e. The third-order valence-corrected chi connectivity index (χ3v) is 6.86. The average Bonchev–Trinajstić information content (AvgIpc) is 3.36. The lowest BCUT2D eigenvalue weighted by atomic mass is 9.77. The van der Waals surface area contributed by atoms with Crippen molar-refractivity contribution in [2.75, 3.05) is 33.9 Å². The van der Waals surface area contributed by atoms with Crippen molar-refractivity contribution in [3.05, 3.63) is 29.8 Å². The zero-order valence-corrected chi connectivity index (χ0v) is 18.4. The molecule has 0 spiro atoms. The fourth-order valence-electron chi connectivity index (χ4n) is 5.10. The first-order valence-corrected chi connectivity index (χ1v) is 11.3. The van der Waals surface area contributed by atoms with Crippen LogP contribution in [-0.4, -0.2) is 69.9 Å². The van der Waals surface area contributed by atoms with Crippen molar-refractivity contribution in [2.45, 2.75) is 51.0 Å². The summed E-state index contributed by atoms with van der Waals surface area (Å²) in [5.41, 5.74) is 2.00. The molecule has 3 aliphatic rings. The van der Waals surface area contributed by atoms with E-state index in [1.165, 1.54) is 12.8 Å². The zero-order valence-electron chi connectivity index (χ0n) is 18.4. The Labute approximate surface area is 183 Å². The standard InChI is InChI=1S/C22H32N6O3/c1-29-14-19-12-28(26-25-19)20-5-17-10-27(9-16-7-23-22(30-2)24-8-16)11-18(17)6-21(20)31-13-15-3-4-15/h7-8,12,15,17-18,20-21H,3-6,9-11,13-14H2,1-2H3/t17-,18+,20-,21-/m1/s1. The van der Waals surface area contributed by atoms with Gasteiger partial charge in [-0.25, -0.2) is 14.6 Å². The molecule has 2 aliphatic carbocycles. The van der Waals surface area contributed by atoms with Gasteiger partial charge in [0.2, 0.25) is 0 Å². The van der Waals surface area contributed by atoms with Gasteiger partial charge in [0.15, 0.2) is 0 Å². The Morgan fingerprint density at radius 1 is 1.06 bits per heavy atom. The predicted molar refractivity (Wildman–Crippen MR) is 112 cm³/mol. The van der Waals surface area contributed by atoms with Crippen molar-refractivity contribution in [3.63, 3.8) is 0 Å². The molecule has 0 bridgehead atoms. The van der Waals surface area contributed by atoms with E-state index < -0.39 is 0 Å². The molecular formula is C22H32N6O3. The molecule has 4 atom stereocenters. The Kier molecular flexibility index (Phi) is 6.15. The van der Waals surface area contributed by atoms with E-state index in [2.05, 4.69) is 25.2 Å². The van der Waals surface area contributed by atoms with Crippen LogP contribution < -0.4 is 4.74 Å². The van der Waals surface area contributed by atoms with E-state index in [9.17, 15) is 0 Å². The Morgan fingerprint density at radius 2 is 1.84 bits per heavy atom. The van der Waals surface area contributed by atoms with Gasteiger partial charge in [-0.1, -0.05) is 5.21 Å². The maximum atomic E-state index is 6.46. The highest BCUT2D eigenvalue weighted by atomic mass is 16.5. The quantitative estimate of drug-likeness (QED) is 0.600. The van der Waals surface area contributed by atoms with Gasteiger partial charge in [-0.2, -0.15) is 0 Å². The largest absolute Gasteiger partial charge is 0.467 e. The van der Waals surface area contributed by atoms with Crippen LogP contribution in [0.4, 0.5) is 0 Å². The molecular weight excluding hydrogens is 396 g/mol. The highest BCUT2D eigenvalue weighted by Gasteiger charge is 2.44. The van der Waals surface area contributed by atoms with Gasteiger partial charge >= 0.3 is 6.01 Å². The van der Waals surface area contributed by atoms with Gasteiger partial charge in [0, 0.05) is 51.3 Å². The molecule has 2 aromatic heterocycles. The summed E-state index contributed by atoms with van der Waals surface area (Å²) in [5.74, 6) is 2.05. The summed E-state index contributed by atoms with van der Waals surface area (Å²) in [6.45, 7) is 4.42. The fourth-order valence-corrected chi connectivity index (χ4v) is 5.10. The third kappa shape index (κ3) is 4.88. The van der Waals surface area contributed by atoms with Crippen LogP contribution in [0.1, 0.15) is 43.0 Å². The second kappa shape index (κ2) is 9.18. The first kappa shape index (κ1) is 20.8. The number of likely N-dealkylation sites (tertiary alicyclic amines) is 1. The minimum absolute atomic E-state index is 0.197. The predicted octanol–water partition coefficient (Wildman–Crippen LogP) is 2.10. The van der Waals surface area contributed by atoms with Crippen molar-refractivity contribution >= 4 is 0 Å². The monoisotopic (exact) mass is 428 g/mol. The number of fused-ring (bicyclic) bond motifs is 1. The molecule has 0 aromatic carbocycles. The number of ether oxygens (including phenoxy) is 3. The molecule has 1 saturated heterocycles. The van der Waals surface area contributed by atoms with Crippen molar-refractivity contribution in [3.8, 4) is 6.01 Å². The molecule has 3 heterocycles. The highest BCUT2D eigenvalue weighted by Crippen LogP contribution is 2.43. The van der Waals surface area contributed by atoms with Crippen molar-refractivity contribution in [1.29, 1.82) is 0 Å². The summed E-state index contributed by atoms with van der Waals surface area (Å²) in [7, 11) is 3.28. The Hall–Kier alpha value is -2.10. The van der Waals surface area contributed by atoms with Crippen LogP contribution in [0.2, 0.25) is 0 Å². The lowest BCUT2D eigenvalue weighted by molar-refractivity contribution is -0.0376. The number of aromatic nitrogens is 5. The molecule has 2 saturated carbocycles. The second-order valence-electron chi connectivity index (χ2n) is 9.27. The van der Waals surface area contributed by atoms with Crippen LogP contribution in [0.15, 0.2) is 18.6 Å². The third-order valence-electron chi connectivity index (χ3n) is 6.86. The van der Waals surface area contributed by atoms with E-state index >= 15 is 0 Å². The van der Waals surface area contributed by atoms with Crippen LogP contribution in [0, 0.1) is 17.8 Å². The summed E-state index contributed by atoms with van der Waals surface area (Å²) < 4.78 is 18.8. The van der Waals surface area contributed by atoms with E-state index in [0.29, 0.717) is 24.5 Å². The van der Waals surface area contributed by atoms with E-state index in [0.717, 1.165) is 56.3 Å². The van der Waals surface area contributed by atoms with Crippen LogP contribution >= 0.6 is 0 Å². The van der Waals surface area contributed by atoms with Gasteiger partial charge in [-0.15, -0.1) is 5.10 Å². The fraction of sp³-hybridized carbons (Fsp3) is 0.727. The molecule has 2 aromatic rings. The Morgan fingerprint density at radius 3 is 2.55 bits per heavy atom. The normalized spacial score (nSPS) is 28.6. The highest BCUT2D eigenvalue weighted by molar-refractivity contribution is 5.08. The van der Waals surface area contributed by atoms with Gasteiger partial charge in [0.25, 0.3) is 0 Å². The van der Waals surface area contributed by atoms with Crippen LogP contribution in [0.25, 0.3) is 0 Å². The molecule has 3 fully saturated rings. The molecule has 9 nitrogen and oxygen atoms in total. The Balaban J connectivity index is 1.26. The van der Waals surface area contributed by atoms with Crippen LogP contribution in [0.5, 0.6) is 6.01 Å². The summed E-state index contributed by atoms with van der Waals surface area (Å²) in [5, 5.41) is 8.72. The molecule has 0 N–H and O–H groups in total. The number of rotatable bonds is 9. The van der Waals surface area contributed by atoms with Gasteiger partial charge in [-0.3, -0.25) is 4.90 Å². The lowest BCUT2D eigenvalue weighted by Gasteiger charge is -2.37. The molecule has 168 valence electrons. The van der Waals surface area contributed by atoms with E-state index in [1.54, 1.807) is 14.2 Å². The second-order valence-corrected chi connectivity index (χ2v) is 9.27. The summed E-state index contributed by atoms with van der Waals surface area (Å²) in [6.07, 6.45) is 10.7. The molecule has 0 unspecified atom stereocenters. The van der Waals surface area contributed by atoms with E-state index in [4.69, 9.17) is 14.2 Å². The molecule has 1 aliphatic heterocycles. The summed E-state index contributed by atoms with van der Waals surface area (Å²) in [4.78, 5) is 11.0. The molecule has 5 rings (SSSR count). The van der Waals surface area contributed by atoms with Crippen LogP contribution in [0.3, 0.4) is 0 Å². The van der Waals surface area contributed by atoms with Gasteiger partial charge in [0.05, 0.1) is 32.1 Å². The number of hydrogen-bond donors (Lipinski definition) is 0. The first-order chi connectivity index (χ1) is 15.2. The number of nitrogens with zero attached hydrogens (tertiary/aromatic N) is 6. The number of hydrogen-bond acceptors (Lipinski definition) is 8. The van der Waals surface area contributed by atoms with Gasteiger partial charge in [0.1, 0.15) is 5.69 Å². The summed E-state index contributed by atoms with van der Waals surface area (Å²) in [6, 6.07) is 0.653. The maximum Gasteiger partial charge on any atom is 0.316 e. The molecule has 31 heavy (non-hydrogen) atoms.